The molecule has 2 N–H and O–H groups in total. The van der Waals surface area contributed by atoms with Crippen LogP contribution in [0.15, 0.2) is 23.3 Å². The van der Waals surface area contributed by atoms with Crippen molar-refractivity contribution in [3.63, 3.8) is 0 Å². The molecule has 6 nitrogen and oxygen atoms in total. The summed E-state index contributed by atoms with van der Waals surface area (Å²) in [7, 11) is 3.97. The molecule has 0 aliphatic carbocycles. The molecule has 0 unspecified atom stereocenters. The summed E-state index contributed by atoms with van der Waals surface area (Å²) in [5, 5.41) is 13.0. The molecular weight excluding hydrogens is 393 g/mol. The number of pyridine rings is 1. The van der Waals surface area contributed by atoms with E-state index in [0.29, 0.717) is 13.1 Å². The third-order valence-corrected chi connectivity index (χ3v) is 3.49. The number of aliphatic hydroxyl groups is 1. The molecular formula is C15H26IN5O. The number of likely N-dealkylation sites (tertiary alicyclic amines) is 1. The number of nitrogens with zero attached hydrogens (tertiary/aromatic N) is 4. The van der Waals surface area contributed by atoms with Gasteiger partial charge in [0.25, 0.3) is 0 Å². The second-order valence-electron chi connectivity index (χ2n) is 5.44. The van der Waals surface area contributed by atoms with Crippen molar-refractivity contribution < 1.29 is 5.11 Å². The summed E-state index contributed by atoms with van der Waals surface area (Å²) >= 11 is 0. The van der Waals surface area contributed by atoms with Crippen LogP contribution in [0.1, 0.15) is 18.9 Å². The zero-order chi connectivity index (χ0) is 15.2. The molecule has 1 aromatic heterocycles. The largest absolute Gasteiger partial charge is 0.391 e. The normalized spacial score (nSPS) is 18.1. The van der Waals surface area contributed by atoms with Crippen molar-refractivity contribution in [2.45, 2.75) is 26.0 Å². The summed E-state index contributed by atoms with van der Waals surface area (Å²) in [4.78, 5) is 13.2. The number of rotatable bonds is 4. The van der Waals surface area contributed by atoms with Gasteiger partial charge in [0.2, 0.25) is 0 Å². The minimum absolute atomic E-state index is 0. The predicted molar refractivity (Wildman–Crippen MR) is 101 cm³/mol. The first-order valence-electron chi connectivity index (χ1n) is 7.44. The topological polar surface area (TPSA) is 64.0 Å². The highest BCUT2D eigenvalue weighted by molar-refractivity contribution is 14.0. The average Bonchev–Trinajstić information content (AvgIpc) is 2.90. The fourth-order valence-electron chi connectivity index (χ4n) is 2.48. The highest BCUT2D eigenvalue weighted by Gasteiger charge is 2.22. The Labute approximate surface area is 149 Å². The Bertz CT molecular complexity index is 495. The molecule has 0 spiro atoms. The molecule has 0 radical (unpaired) electrons. The van der Waals surface area contributed by atoms with E-state index < -0.39 is 0 Å². The van der Waals surface area contributed by atoms with Crippen molar-refractivity contribution in [3.05, 3.63) is 23.9 Å². The van der Waals surface area contributed by atoms with Crippen LogP contribution >= 0.6 is 24.0 Å². The number of β-amino-alcohol motifs (C(OH)–C–C–N with tert-alkyl or cyclic N) is 1. The van der Waals surface area contributed by atoms with Crippen LogP contribution in [-0.2, 0) is 6.54 Å². The van der Waals surface area contributed by atoms with E-state index in [-0.39, 0.29) is 30.1 Å². The van der Waals surface area contributed by atoms with Gasteiger partial charge >= 0.3 is 0 Å². The average molecular weight is 419 g/mol. The number of nitrogens with one attached hydrogen (secondary N) is 1. The molecule has 2 heterocycles. The monoisotopic (exact) mass is 419 g/mol. The predicted octanol–water partition coefficient (Wildman–Crippen LogP) is 1.30. The Morgan fingerprint density at radius 2 is 2.32 bits per heavy atom. The Morgan fingerprint density at radius 3 is 2.91 bits per heavy atom. The molecule has 1 fully saturated rings. The molecule has 1 saturated heterocycles. The van der Waals surface area contributed by atoms with E-state index >= 15 is 0 Å². The number of anilines is 1. The zero-order valence-electron chi connectivity index (χ0n) is 13.5. The van der Waals surface area contributed by atoms with Crippen molar-refractivity contribution in [1.29, 1.82) is 0 Å². The zero-order valence-corrected chi connectivity index (χ0v) is 15.8. The number of halogens is 1. The van der Waals surface area contributed by atoms with E-state index in [1.807, 2.05) is 31.1 Å². The number of aromatic nitrogens is 1. The van der Waals surface area contributed by atoms with Gasteiger partial charge < -0.3 is 20.2 Å². The van der Waals surface area contributed by atoms with Gasteiger partial charge in [0.1, 0.15) is 5.82 Å². The summed E-state index contributed by atoms with van der Waals surface area (Å²) in [6, 6.07) is 3.98. The molecule has 0 saturated carbocycles. The molecule has 2 rings (SSSR count). The van der Waals surface area contributed by atoms with Gasteiger partial charge in [0.05, 0.1) is 12.6 Å². The molecule has 1 aliphatic rings. The van der Waals surface area contributed by atoms with Crippen LogP contribution in [-0.4, -0.2) is 60.8 Å². The summed E-state index contributed by atoms with van der Waals surface area (Å²) in [5.74, 6) is 1.81. The third-order valence-electron chi connectivity index (χ3n) is 3.49. The number of aliphatic hydroxyl groups excluding tert-OH is 1. The Morgan fingerprint density at radius 1 is 1.55 bits per heavy atom. The van der Waals surface area contributed by atoms with Gasteiger partial charge in [-0.3, -0.25) is 0 Å². The molecule has 0 amide bonds. The lowest BCUT2D eigenvalue weighted by atomic mass is 10.2. The van der Waals surface area contributed by atoms with E-state index in [1.54, 1.807) is 6.20 Å². The van der Waals surface area contributed by atoms with Crippen molar-refractivity contribution in [3.8, 4) is 0 Å². The second kappa shape index (κ2) is 9.14. The van der Waals surface area contributed by atoms with Crippen LogP contribution in [0.3, 0.4) is 0 Å². The van der Waals surface area contributed by atoms with Gasteiger partial charge in [0, 0.05) is 45.5 Å². The lowest BCUT2D eigenvalue weighted by Gasteiger charge is -2.21. The third kappa shape index (κ3) is 4.98. The number of guanidine groups is 1. The first-order valence-corrected chi connectivity index (χ1v) is 7.44. The smallest absolute Gasteiger partial charge is 0.194 e. The highest BCUT2D eigenvalue weighted by atomic mass is 127. The lowest BCUT2D eigenvalue weighted by molar-refractivity contribution is 0.188. The van der Waals surface area contributed by atoms with Gasteiger partial charge in [-0.05, 0) is 19.4 Å². The summed E-state index contributed by atoms with van der Waals surface area (Å²) in [6.45, 7) is 4.95. The van der Waals surface area contributed by atoms with Crippen LogP contribution < -0.4 is 10.2 Å². The number of hydrogen-bond acceptors (Lipinski definition) is 4. The summed E-state index contributed by atoms with van der Waals surface area (Å²) < 4.78 is 0. The van der Waals surface area contributed by atoms with Gasteiger partial charge in [-0.25, -0.2) is 9.98 Å². The molecule has 22 heavy (non-hydrogen) atoms. The molecule has 0 aromatic carbocycles. The Kier molecular flexibility index (Phi) is 7.88. The summed E-state index contributed by atoms with van der Waals surface area (Å²) in [6.07, 6.45) is 2.36. The first kappa shape index (κ1) is 19.0. The van der Waals surface area contributed by atoms with Gasteiger partial charge in [-0.2, -0.15) is 0 Å². The number of aliphatic imine (C=N–C) groups is 1. The maximum absolute atomic E-state index is 9.68. The van der Waals surface area contributed by atoms with Gasteiger partial charge in [-0.1, -0.05) is 6.07 Å². The van der Waals surface area contributed by atoms with Crippen molar-refractivity contribution >= 4 is 35.8 Å². The minimum Gasteiger partial charge on any atom is -0.391 e. The molecule has 0 bridgehead atoms. The van der Waals surface area contributed by atoms with Crippen LogP contribution in [0.25, 0.3) is 0 Å². The summed E-state index contributed by atoms with van der Waals surface area (Å²) in [5.41, 5.74) is 1.10. The minimum atomic E-state index is -0.246. The highest BCUT2D eigenvalue weighted by Crippen LogP contribution is 2.16. The fraction of sp³-hybridized carbons (Fsp3) is 0.600. The van der Waals surface area contributed by atoms with Crippen LogP contribution in [0.5, 0.6) is 0 Å². The van der Waals surface area contributed by atoms with Gasteiger partial charge in [-0.15, -0.1) is 24.0 Å². The molecule has 1 atom stereocenters. The van der Waals surface area contributed by atoms with E-state index in [0.717, 1.165) is 36.9 Å². The van der Waals surface area contributed by atoms with Crippen LogP contribution in [0, 0.1) is 0 Å². The Hall–Kier alpha value is -1.09. The van der Waals surface area contributed by atoms with Crippen LogP contribution in [0.4, 0.5) is 5.82 Å². The quantitative estimate of drug-likeness (QED) is 0.438. The van der Waals surface area contributed by atoms with Gasteiger partial charge in [0.15, 0.2) is 5.96 Å². The lowest BCUT2D eigenvalue weighted by Crippen LogP contribution is -2.40. The second-order valence-corrected chi connectivity index (χ2v) is 5.44. The van der Waals surface area contributed by atoms with Crippen LogP contribution in [0.2, 0.25) is 0 Å². The SMILES string of the molecule is CCNC(=NCc1cccnc1N(C)C)N1CC[C@@H](O)C1.I. The maximum Gasteiger partial charge on any atom is 0.194 e. The maximum atomic E-state index is 9.68. The molecule has 1 aromatic rings. The van der Waals surface area contributed by atoms with E-state index in [1.165, 1.54) is 0 Å². The standard InChI is InChI=1S/C15H25N5O.HI/c1-4-16-15(20-9-7-13(21)11-20)18-10-12-6-5-8-17-14(12)19(2)3;/h5-6,8,13,21H,4,7,9-11H2,1-3H3,(H,16,18);1H/t13-;/m1./s1. The molecule has 7 heteroatoms. The number of hydrogen-bond donors (Lipinski definition) is 2. The van der Waals surface area contributed by atoms with Crippen molar-refractivity contribution in [2.75, 3.05) is 38.6 Å². The van der Waals surface area contributed by atoms with Crippen molar-refractivity contribution in [2.24, 2.45) is 4.99 Å². The molecule has 124 valence electrons. The van der Waals surface area contributed by atoms with E-state index in [4.69, 9.17) is 4.99 Å². The fourth-order valence-corrected chi connectivity index (χ4v) is 2.48. The first-order chi connectivity index (χ1) is 10.1. The molecule has 1 aliphatic heterocycles. The van der Waals surface area contributed by atoms with E-state index in [9.17, 15) is 5.11 Å². The Balaban J connectivity index is 0.00000242. The van der Waals surface area contributed by atoms with Crippen molar-refractivity contribution in [1.82, 2.24) is 15.2 Å². The van der Waals surface area contributed by atoms with E-state index in [2.05, 4.69) is 22.1 Å².